The lowest BCUT2D eigenvalue weighted by Crippen LogP contribution is -2.33. The number of H-pyrrole nitrogens is 2. The Morgan fingerprint density at radius 2 is 1.22 bits per heavy atom. The third-order valence-corrected chi connectivity index (χ3v) is 7.00. The number of halogens is 2. The highest BCUT2D eigenvalue weighted by Gasteiger charge is 2.41. The molecule has 1 aliphatic heterocycles. The monoisotopic (exact) mass is 515 g/mol. The maximum absolute atomic E-state index is 13.8. The first-order valence-electron chi connectivity index (χ1n) is 11.3. The Kier molecular flexibility index (Phi) is 5.64. The predicted molar refractivity (Wildman–Crippen MR) is 141 cm³/mol. The largest absolute Gasteiger partial charge is 0.359 e. The molecule has 0 unspecified atom stereocenters. The molecule has 178 valence electrons. The van der Waals surface area contributed by atoms with Gasteiger partial charge >= 0.3 is 0 Å². The van der Waals surface area contributed by atoms with Gasteiger partial charge in [0.05, 0.1) is 38.8 Å². The van der Waals surface area contributed by atoms with Crippen LogP contribution in [0.25, 0.3) is 33.0 Å². The Balaban J connectivity index is 1.47. The summed E-state index contributed by atoms with van der Waals surface area (Å²) in [5.41, 5.74) is 4.12. The Hall–Kier alpha value is -3.84. The van der Waals surface area contributed by atoms with Gasteiger partial charge in [-0.15, -0.1) is 0 Å². The lowest BCUT2D eigenvalue weighted by molar-refractivity contribution is -0.142. The number of hydrogen-bond donors (Lipinski definition) is 2. The van der Waals surface area contributed by atoms with Crippen LogP contribution in [-0.2, 0) is 20.9 Å². The van der Waals surface area contributed by atoms with Crippen LogP contribution in [0, 0.1) is 0 Å². The van der Waals surface area contributed by atoms with E-state index in [2.05, 4.69) is 9.97 Å². The zero-order chi connectivity index (χ0) is 24.8. The number of imide groups is 1. The molecule has 0 bridgehead atoms. The number of ether oxygens (including phenoxy) is 1. The van der Waals surface area contributed by atoms with Crippen molar-refractivity contribution in [1.82, 2.24) is 14.9 Å². The molecule has 0 atom stereocenters. The molecule has 2 N–H and O–H groups in total. The molecule has 8 heteroatoms. The fourth-order valence-corrected chi connectivity index (χ4v) is 5.13. The quantitative estimate of drug-likeness (QED) is 0.256. The Morgan fingerprint density at radius 3 is 1.75 bits per heavy atom. The number of hydrogen-bond acceptors (Lipinski definition) is 3. The van der Waals surface area contributed by atoms with Gasteiger partial charge in [0.15, 0.2) is 0 Å². The van der Waals surface area contributed by atoms with Crippen LogP contribution in [0.4, 0.5) is 0 Å². The second-order valence-electron chi connectivity index (χ2n) is 8.48. The number of benzene rings is 3. The van der Waals surface area contributed by atoms with Crippen molar-refractivity contribution in [3.8, 4) is 0 Å². The first-order chi connectivity index (χ1) is 17.5. The molecular weight excluding hydrogens is 497 g/mol. The molecule has 0 fully saturated rings. The van der Waals surface area contributed by atoms with Crippen molar-refractivity contribution in [3.05, 3.63) is 106 Å². The topological polar surface area (TPSA) is 78.2 Å². The number of carbonyl (C=O) groups is 2. The molecule has 6 nitrogen and oxygen atoms in total. The second kappa shape index (κ2) is 8.99. The molecule has 1 aliphatic rings. The summed E-state index contributed by atoms with van der Waals surface area (Å²) in [7, 11) is 0. The normalized spacial score (nSPS) is 14.1. The van der Waals surface area contributed by atoms with E-state index in [1.165, 1.54) is 0 Å². The third-order valence-electron chi connectivity index (χ3n) is 6.37. The molecule has 2 aromatic heterocycles. The molecule has 0 spiro atoms. The number of aromatic nitrogens is 2. The van der Waals surface area contributed by atoms with Crippen molar-refractivity contribution in [2.24, 2.45) is 0 Å². The van der Waals surface area contributed by atoms with Crippen LogP contribution in [0.2, 0.25) is 10.0 Å². The van der Waals surface area contributed by atoms with E-state index in [1.54, 1.807) is 24.5 Å². The van der Waals surface area contributed by atoms with Gasteiger partial charge in [-0.3, -0.25) is 9.59 Å². The van der Waals surface area contributed by atoms with Crippen molar-refractivity contribution < 1.29 is 14.3 Å². The predicted octanol–water partition coefficient (Wildman–Crippen LogP) is 6.41. The molecule has 0 saturated heterocycles. The number of para-hydroxylation sites is 2. The summed E-state index contributed by atoms with van der Waals surface area (Å²) >= 11 is 12.8. The number of fused-ring (bicyclic) bond motifs is 2. The molecule has 0 aliphatic carbocycles. The Morgan fingerprint density at radius 1 is 0.694 bits per heavy atom. The number of carbonyl (C=O) groups excluding carboxylic acids is 2. The van der Waals surface area contributed by atoms with E-state index in [0.717, 1.165) is 21.2 Å². The number of nitrogens with one attached hydrogen (secondary N) is 2. The molecule has 3 aromatic carbocycles. The molecule has 0 saturated carbocycles. The molecule has 2 amide bonds. The van der Waals surface area contributed by atoms with E-state index in [4.69, 9.17) is 27.9 Å². The summed E-state index contributed by atoms with van der Waals surface area (Å²) in [6.07, 6.45) is 3.43. The fourth-order valence-electron chi connectivity index (χ4n) is 4.67. The molecule has 6 rings (SSSR count). The lowest BCUT2D eigenvalue weighted by Gasteiger charge is -2.15. The first kappa shape index (κ1) is 22.6. The highest BCUT2D eigenvalue weighted by molar-refractivity contribution is 6.51. The minimum absolute atomic E-state index is 0.175. The second-order valence-corrected chi connectivity index (χ2v) is 9.30. The Bertz CT molecular complexity index is 1580. The van der Waals surface area contributed by atoms with Gasteiger partial charge < -0.3 is 14.7 Å². The molecule has 3 heterocycles. The van der Waals surface area contributed by atoms with Gasteiger partial charge in [-0.05, 0) is 17.7 Å². The van der Waals surface area contributed by atoms with Gasteiger partial charge in [0.2, 0.25) is 0 Å². The summed E-state index contributed by atoms with van der Waals surface area (Å²) in [5.74, 6) is -0.861. The van der Waals surface area contributed by atoms with Crippen LogP contribution in [-0.4, -0.2) is 33.4 Å². The fraction of sp³-hybridized carbons (Fsp3) is 0.0714. The number of amides is 2. The maximum atomic E-state index is 13.8. The minimum Gasteiger partial charge on any atom is -0.359 e. The maximum Gasteiger partial charge on any atom is 0.264 e. The van der Waals surface area contributed by atoms with Crippen LogP contribution in [0.1, 0.15) is 16.7 Å². The van der Waals surface area contributed by atoms with Crippen molar-refractivity contribution >= 4 is 68.0 Å². The SMILES string of the molecule is O=C1C(c2c[nH]c3c(Cl)cccc23)=C(c2c[nH]c3c(Cl)cccc23)C(=O)N1COCc1ccccc1. The summed E-state index contributed by atoms with van der Waals surface area (Å²) in [4.78, 5) is 35.0. The molecule has 36 heavy (non-hydrogen) atoms. The van der Waals surface area contributed by atoms with Crippen molar-refractivity contribution in [2.45, 2.75) is 6.61 Å². The molecular formula is C28H19Cl2N3O3. The number of rotatable bonds is 6. The summed E-state index contributed by atoms with van der Waals surface area (Å²) < 4.78 is 5.79. The van der Waals surface area contributed by atoms with Gasteiger partial charge in [0, 0.05) is 34.3 Å². The standard InChI is InChI=1S/C28H19Cl2N3O3/c29-21-10-4-8-17-19(12-31-25(17)21)23-24(20-13-32-26-18(20)9-5-11-22(26)30)28(35)33(27(23)34)15-36-14-16-6-2-1-3-7-16/h1-13,31-32H,14-15H2. The van der Waals surface area contributed by atoms with E-state index in [1.807, 2.05) is 54.6 Å². The number of aromatic amines is 2. The van der Waals surface area contributed by atoms with Gasteiger partial charge in [0.1, 0.15) is 6.73 Å². The van der Waals surface area contributed by atoms with Crippen LogP contribution in [0.15, 0.2) is 79.1 Å². The summed E-state index contributed by atoms with van der Waals surface area (Å²) in [5, 5.41) is 2.56. The highest BCUT2D eigenvalue weighted by Crippen LogP contribution is 2.42. The lowest BCUT2D eigenvalue weighted by atomic mass is 9.95. The average Bonchev–Trinajstić information content (AvgIpc) is 3.56. The van der Waals surface area contributed by atoms with E-state index < -0.39 is 11.8 Å². The smallest absolute Gasteiger partial charge is 0.264 e. The van der Waals surface area contributed by atoms with E-state index >= 15 is 0 Å². The zero-order valence-corrected chi connectivity index (χ0v) is 20.4. The molecule has 0 radical (unpaired) electrons. The van der Waals surface area contributed by atoms with Gasteiger partial charge in [-0.2, -0.15) is 0 Å². The Labute approximate surface area is 216 Å². The van der Waals surface area contributed by atoms with Crippen molar-refractivity contribution in [3.63, 3.8) is 0 Å². The zero-order valence-electron chi connectivity index (χ0n) is 18.8. The van der Waals surface area contributed by atoms with Crippen LogP contribution in [0.3, 0.4) is 0 Å². The average molecular weight is 516 g/mol. The van der Waals surface area contributed by atoms with Gasteiger partial charge in [-0.25, -0.2) is 4.90 Å². The summed E-state index contributed by atoms with van der Waals surface area (Å²) in [6, 6.07) is 20.5. The third kappa shape index (κ3) is 3.62. The van der Waals surface area contributed by atoms with Crippen molar-refractivity contribution in [1.29, 1.82) is 0 Å². The van der Waals surface area contributed by atoms with Crippen LogP contribution < -0.4 is 0 Å². The van der Waals surface area contributed by atoms with E-state index in [9.17, 15) is 9.59 Å². The molecule has 5 aromatic rings. The number of nitrogens with zero attached hydrogens (tertiary/aromatic N) is 1. The van der Waals surface area contributed by atoms with Gasteiger partial charge in [0.25, 0.3) is 11.8 Å². The van der Waals surface area contributed by atoms with Crippen LogP contribution in [0.5, 0.6) is 0 Å². The first-order valence-corrected chi connectivity index (χ1v) is 12.0. The van der Waals surface area contributed by atoms with Gasteiger partial charge in [-0.1, -0.05) is 77.8 Å². The van der Waals surface area contributed by atoms with E-state index in [-0.39, 0.29) is 24.5 Å². The minimum atomic E-state index is -0.430. The van der Waals surface area contributed by atoms with E-state index in [0.29, 0.717) is 32.2 Å². The van der Waals surface area contributed by atoms with Crippen molar-refractivity contribution in [2.75, 3.05) is 6.73 Å². The van der Waals surface area contributed by atoms with Crippen LogP contribution >= 0.6 is 23.2 Å². The summed E-state index contributed by atoms with van der Waals surface area (Å²) in [6.45, 7) is 0.0970. The highest BCUT2D eigenvalue weighted by atomic mass is 35.5.